The molecule has 2 N–H and O–H groups in total. The van der Waals surface area contributed by atoms with Crippen molar-refractivity contribution in [2.24, 2.45) is 5.73 Å². The fourth-order valence-corrected chi connectivity index (χ4v) is 2.58. The minimum absolute atomic E-state index is 0.0514. The smallest absolute Gasteiger partial charge is 0.406 e. The lowest BCUT2D eigenvalue weighted by Crippen LogP contribution is -2.39. The Labute approximate surface area is 146 Å². The molecule has 2 heterocycles. The molecule has 2 aromatic rings. The first kappa shape index (κ1) is 17.9. The minimum atomic E-state index is -4.75. The highest BCUT2D eigenvalue weighted by molar-refractivity contribution is 5.90. The van der Waals surface area contributed by atoms with Crippen LogP contribution >= 0.6 is 0 Å². The second-order valence-electron chi connectivity index (χ2n) is 5.55. The fraction of sp³-hybridized carbons (Fsp3) is 0.312. The van der Waals surface area contributed by atoms with E-state index in [9.17, 15) is 18.0 Å². The van der Waals surface area contributed by atoms with Crippen molar-refractivity contribution in [1.82, 2.24) is 9.97 Å². The zero-order chi connectivity index (χ0) is 18.7. The normalized spacial score (nSPS) is 17.8. The van der Waals surface area contributed by atoms with Crippen LogP contribution in [0.5, 0.6) is 5.75 Å². The zero-order valence-electron chi connectivity index (χ0n) is 13.4. The number of nitrogens with two attached hydrogens (primary N) is 1. The number of primary amides is 1. The quantitative estimate of drug-likeness (QED) is 0.888. The first-order valence-corrected chi connectivity index (χ1v) is 7.66. The lowest BCUT2D eigenvalue weighted by atomic mass is 10.1. The maximum Gasteiger partial charge on any atom is 0.573 e. The summed E-state index contributed by atoms with van der Waals surface area (Å²) >= 11 is 0. The van der Waals surface area contributed by atoms with Crippen LogP contribution in [0.15, 0.2) is 36.7 Å². The van der Waals surface area contributed by atoms with Gasteiger partial charge in [-0.3, -0.25) is 4.79 Å². The van der Waals surface area contributed by atoms with Gasteiger partial charge in [0.2, 0.25) is 0 Å². The topological polar surface area (TPSA) is 90.6 Å². The monoisotopic (exact) mass is 368 g/mol. The molecule has 1 aromatic carbocycles. The van der Waals surface area contributed by atoms with Crippen molar-refractivity contribution < 1.29 is 27.4 Å². The van der Waals surface area contributed by atoms with Crippen LogP contribution in [0, 0.1) is 0 Å². The lowest BCUT2D eigenvalue weighted by molar-refractivity contribution is -0.274. The SMILES string of the molecule is NC(=O)c1cnc(N2CCOC(c3cccc(OC(F)(F)F)c3)C2)cn1. The summed E-state index contributed by atoms with van der Waals surface area (Å²) in [5.74, 6) is -0.460. The first-order chi connectivity index (χ1) is 12.3. The summed E-state index contributed by atoms with van der Waals surface area (Å²) in [5, 5.41) is 0. The Morgan fingerprint density at radius 2 is 2.12 bits per heavy atom. The first-order valence-electron chi connectivity index (χ1n) is 7.66. The van der Waals surface area contributed by atoms with Crippen LogP contribution in [0.3, 0.4) is 0 Å². The lowest BCUT2D eigenvalue weighted by Gasteiger charge is -2.33. The second-order valence-corrected chi connectivity index (χ2v) is 5.55. The van der Waals surface area contributed by atoms with E-state index in [0.29, 0.717) is 31.1 Å². The Hall–Kier alpha value is -2.88. The molecule has 26 heavy (non-hydrogen) atoms. The number of amides is 1. The van der Waals surface area contributed by atoms with Crippen molar-refractivity contribution in [2.75, 3.05) is 24.6 Å². The van der Waals surface area contributed by atoms with E-state index < -0.39 is 18.4 Å². The summed E-state index contributed by atoms with van der Waals surface area (Å²) in [5.41, 5.74) is 5.74. The maximum atomic E-state index is 12.4. The molecule has 1 atom stereocenters. The Kier molecular flexibility index (Phi) is 4.94. The van der Waals surface area contributed by atoms with Gasteiger partial charge in [0.15, 0.2) is 0 Å². The standard InChI is InChI=1S/C16H15F3N4O3/c17-16(18,19)26-11-3-1-2-10(6-11)13-9-23(4-5-25-13)14-8-21-12(7-22-14)15(20)24/h1-3,6-8,13H,4-5,9H2,(H2,20,24). The predicted octanol–water partition coefficient (Wildman–Crippen LogP) is 2.05. The van der Waals surface area contributed by atoms with Gasteiger partial charge in [0, 0.05) is 13.1 Å². The molecule has 0 spiro atoms. The van der Waals surface area contributed by atoms with E-state index in [-0.39, 0.29) is 11.4 Å². The van der Waals surface area contributed by atoms with E-state index in [1.807, 2.05) is 4.90 Å². The number of benzene rings is 1. The number of alkyl halides is 3. The molecule has 10 heteroatoms. The number of carbonyl (C=O) groups excluding carboxylic acids is 1. The maximum absolute atomic E-state index is 12.4. The molecule has 7 nitrogen and oxygen atoms in total. The van der Waals surface area contributed by atoms with Crippen LogP contribution in [-0.2, 0) is 4.74 Å². The van der Waals surface area contributed by atoms with Crippen LogP contribution in [0.25, 0.3) is 0 Å². The number of halogens is 3. The van der Waals surface area contributed by atoms with E-state index >= 15 is 0 Å². The largest absolute Gasteiger partial charge is 0.573 e. The summed E-state index contributed by atoms with van der Waals surface area (Å²) in [6, 6.07) is 5.66. The molecule has 3 rings (SSSR count). The fourth-order valence-electron chi connectivity index (χ4n) is 2.58. The van der Waals surface area contributed by atoms with Crippen molar-refractivity contribution in [3.63, 3.8) is 0 Å². The molecule has 138 valence electrons. The summed E-state index contributed by atoms with van der Waals surface area (Å²) in [6.45, 7) is 1.24. The number of hydrogen-bond acceptors (Lipinski definition) is 6. The minimum Gasteiger partial charge on any atom is -0.406 e. The average Bonchev–Trinajstić information content (AvgIpc) is 2.61. The van der Waals surface area contributed by atoms with E-state index in [0.717, 1.165) is 0 Å². The van der Waals surface area contributed by atoms with Gasteiger partial charge in [-0.25, -0.2) is 9.97 Å². The molecule has 0 saturated carbocycles. The molecule has 0 aliphatic carbocycles. The Morgan fingerprint density at radius 3 is 2.77 bits per heavy atom. The van der Waals surface area contributed by atoms with Gasteiger partial charge in [0.1, 0.15) is 23.4 Å². The van der Waals surface area contributed by atoms with Gasteiger partial charge in [0.05, 0.1) is 19.0 Å². The molecule has 1 saturated heterocycles. The highest BCUT2D eigenvalue weighted by atomic mass is 19.4. The van der Waals surface area contributed by atoms with Crippen molar-refractivity contribution in [1.29, 1.82) is 0 Å². The van der Waals surface area contributed by atoms with Crippen LogP contribution in [0.2, 0.25) is 0 Å². The Bertz CT molecular complexity index is 783. The Balaban J connectivity index is 1.74. The molecule has 1 unspecified atom stereocenters. The third kappa shape index (κ3) is 4.39. The van der Waals surface area contributed by atoms with E-state index in [4.69, 9.17) is 10.5 Å². The molecule has 1 aromatic heterocycles. The number of hydrogen-bond donors (Lipinski definition) is 1. The molecule has 1 fully saturated rings. The summed E-state index contributed by atoms with van der Waals surface area (Å²) in [6.07, 6.45) is -2.51. The van der Waals surface area contributed by atoms with Crippen LogP contribution < -0.4 is 15.4 Å². The van der Waals surface area contributed by atoms with Crippen molar-refractivity contribution in [2.45, 2.75) is 12.5 Å². The number of ether oxygens (including phenoxy) is 2. The third-order valence-corrected chi connectivity index (χ3v) is 3.74. The second kappa shape index (κ2) is 7.16. The van der Waals surface area contributed by atoms with E-state index in [2.05, 4.69) is 14.7 Å². The molecule has 1 amide bonds. The molecule has 1 aliphatic heterocycles. The molecular weight excluding hydrogens is 353 g/mol. The van der Waals surface area contributed by atoms with Gasteiger partial charge in [-0.2, -0.15) is 0 Å². The summed E-state index contributed by atoms with van der Waals surface area (Å²) < 4.78 is 46.7. The number of nitrogens with zero attached hydrogens (tertiary/aromatic N) is 3. The van der Waals surface area contributed by atoms with Crippen LogP contribution in [0.1, 0.15) is 22.2 Å². The van der Waals surface area contributed by atoms with Gasteiger partial charge < -0.3 is 20.1 Å². The number of carbonyl (C=O) groups is 1. The van der Waals surface area contributed by atoms with Crippen molar-refractivity contribution in [3.8, 4) is 5.75 Å². The molecule has 0 radical (unpaired) electrons. The highest BCUT2D eigenvalue weighted by Gasteiger charge is 2.31. The molecule has 1 aliphatic rings. The van der Waals surface area contributed by atoms with Gasteiger partial charge in [-0.15, -0.1) is 13.2 Å². The molecular formula is C16H15F3N4O3. The highest BCUT2D eigenvalue weighted by Crippen LogP contribution is 2.29. The van der Waals surface area contributed by atoms with Crippen LogP contribution in [0.4, 0.5) is 19.0 Å². The van der Waals surface area contributed by atoms with Crippen molar-refractivity contribution >= 4 is 11.7 Å². The number of anilines is 1. The average molecular weight is 368 g/mol. The molecule has 0 bridgehead atoms. The number of aromatic nitrogens is 2. The van der Waals surface area contributed by atoms with Gasteiger partial charge in [0.25, 0.3) is 5.91 Å². The van der Waals surface area contributed by atoms with E-state index in [1.54, 1.807) is 6.07 Å². The van der Waals surface area contributed by atoms with Crippen molar-refractivity contribution in [3.05, 3.63) is 47.9 Å². The van der Waals surface area contributed by atoms with E-state index in [1.165, 1.54) is 30.6 Å². The van der Waals surface area contributed by atoms with Gasteiger partial charge in [-0.05, 0) is 17.7 Å². The number of morpholine rings is 1. The summed E-state index contributed by atoms with van der Waals surface area (Å²) in [7, 11) is 0. The Morgan fingerprint density at radius 1 is 1.31 bits per heavy atom. The third-order valence-electron chi connectivity index (χ3n) is 3.74. The van der Waals surface area contributed by atoms with Gasteiger partial charge >= 0.3 is 6.36 Å². The zero-order valence-corrected chi connectivity index (χ0v) is 13.4. The number of rotatable bonds is 4. The van der Waals surface area contributed by atoms with Crippen LogP contribution in [-0.4, -0.2) is 41.9 Å². The summed E-state index contributed by atoms with van der Waals surface area (Å²) in [4.78, 5) is 21.0. The predicted molar refractivity (Wildman–Crippen MR) is 84.6 cm³/mol. The van der Waals surface area contributed by atoms with Gasteiger partial charge in [-0.1, -0.05) is 12.1 Å².